The van der Waals surface area contributed by atoms with E-state index in [4.69, 9.17) is 0 Å². The molecule has 0 aromatic heterocycles. The molecule has 2 aromatic rings. The fourth-order valence-corrected chi connectivity index (χ4v) is 3.19. The normalized spacial score (nSPS) is 12.4. The molecule has 0 saturated heterocycles. The standard InChI is InChI=1S/C19H16F6O/c1-9-5-11(3)15(18(20,21)22)13(7-9)17(26)14-8-10(2)6-12(4)16(14)19(23,24)25/h5-8H,1-4H3. The molecule has 0 bridgehead atoms. The van der Waals surface area contributed by atoms with Crippen molar-refractivity contribution in [3.8, 4) is 0 Å². The first-order valence-electron chi connectivity index (χ1n) is 7.65. The van der Waals surface area contributed by atoms with Crippen LogP contribution in [0.5, 0.6) is 0 Å². The lowest BCUT2D eigenvalue weighted by Crippen LogP contribution is -2.20. The van der Waals surface area contributed by atoms with Crippen molar-refractivity contribution in [3.63, 3.8) is 0 Å². The van der Waals surface area contributed by atoms with E-state index in [0.717, 1.165) is 12.1 Å². The zero-order valence-corrected chi connectivity index (χ0v) is 14.5. The maximum atomic E-state index is 13.4. The lowest BCUT2D eigenvalue weighted by atomic mass is 9.88. The minimum absolute atomic E-state index is 0.209. The van der Waals surface area contributed by atoms with Gasteiger partial charge in [0.15, 0.2) is 5.78 Å². The predicted octanol–water partition coefficient (Wildman–Crippen LogP) is 6.19. The van der Waals surface area contributed by atoms with Gasteiger partial charge in [0.25, 0.3) is 0 Å². The van der Waals surface area contributed by atoms with Crippen molar-refractivity contribution >= 4 is 5.78 Å². The van der Waals surface area contributed by atoms with Crippen molar-refractivity contribution in [2.45, 2.75) is 40.0 Å². The van der Waals surface area contributed by atoms with Crippen LogP contribution in [0.15, 0.2) is 24.3 Å². The maximum absolute atomic E-state index is 13.4. The van der Waals surface area contributed by atoms with Crippen LogP contribution in [0, 0.1) is 27.7 Å². The summed E-state index contributed by atoms with van der Waals surface area (Å²) in [5.74, 6) is -1.29. The molecule has 140 valence electrons. The molecule has 2 rings (SSSR count). The average molecular weight is 374 g/mol. The van der Waals surface area contributed by atoms with Gasteiger partial charge in [0.1, 0.15) is 0 Å². The second-order valence-electron chi connectivity index (χ2n) is 6.33. The Labute approximate surface area is 146 Å². The summed E-state index contributed by atoms with van der Waals surface area (Å²) in [5.41, 5.74) is -3.66. The third kappa shape index (κ3) is 3.76. The maximum Gasteiger partial charge on any atom is 0.417 e. The van der Waals surface area contributed by atoms with Gasteiger partial charge in [-0.15, -0.1) is 0 Å². The SMILES string of the molecule is Cc1cc(C)c(C(F)(F)F)c(C(=O)c2cc(C)cc(C)c2C(F)(F)F)c1. The Morgan fingerprint density at radius 2 is 0.962 bits per heavy atom. The van der Waals surface area contributed by atoms with E-state index in [9.17, 15) is 31.1 Å². The highest BCUT2D eigenvalue weighted by molar-refractivity contribution is 6.11. The fraction of sp³-hybridized carbons (Fsp3) is 0.316. The van der Waals surface area contributed by atoms with Gasteiger partial charge in [0.2, 0.25) is 0 Å². The number of hydrogen-bond donors (Lipinski definition) is 0. The number of aryl methyl sites for hydroxylation is 4. The van der Waals surface area contributed by atoms with Gasteiger partial charge in [0.05, 0.1) is 11.1 Å². The topological polar surface area (TPSA) is 17.1 Å². The zero-order valence-electron chi connectivity index (χ0n) is 14.5. The molecule has 26 heavy (non-hydrogen) atoms. The van der Waals surface area contributed by atoms with Crippen LogP contribution in [-0.4, -0.2) is 5.78 Å². The summed E-state index contributed by atoms with van der Waals surface area (Å²) in [6.07, 6.45) is -9.72. The molecular formula is C19H16F6O. The highest BCUT2D eigenvalue weighted by Gasteiger charge is 2.41. The predicted molar refractivity (Wildman–Crippen MR) is 85.3 cm³/mol. The summed E-state index contributed by atoms with van der Waals surface area (Å²) >= 11 is 0. The Morgan fingerprint density at radius 1 is 0.654 bits per heavy atom. The summed E-state index contributed by atoms with van der Waals surface area (Å²) in [6.45, 7) is 5.32. The van der Waals surface area contributed by atoms with Gasteiger partial charge < -0.3 is 0 Å². The molecule has 0 unspecified atom stereocenters. The van der Waals surface area contributed by atoms with Crippen molar-refractivity contribution in [2.75, 3.05) is 0 Å². The number of carbonyl (C=O) groups is 1. The summed E-state index contributed by atoms with van der Waals surface area (Å²) in [5, 5.41) is 0. The minimum atomic E-state index is -4.86. The van der Waals surface area contributed by atoms with Crippen LogP contribution < -0.4 is 0 Å². The van der Waals surface area contributed by atoms with Gasteiger partial charge in [-0.05, 0) is 51.0 Å². The first-order chi connectivity index (χ1) is 11.7. The molecule has 0 saturated carbocycles. The van der Waals surface area contributed by atoms with Gasteiger partial charge in [-0.1, -0.05) is 23.3 Å². The van der Waals surface area contributed by atoms with E-state index >= 15 is 0 Å². The van der Waals surface area contributed by atoms with Crippen molar-refractivity contribution in [1.29, 1.82) is 0 Å². The van der Waals surface area contributed by atoms with Gasteiger partial charge in [-0.25, -0.2) is 0 Å². The summed E-state index contributed by atoms with van der Waals surface area (Å²) in [6, 6.07) is 4.45. The van der Waals surface area contributed by atoms with Crippen molar-refractivity contribution in [1.82, 2.24) is 0 Å². The molecule has 0 aliphatic heterocycles. The third-order valence-corrected chi connectivity index (χ3v) is 4.02. The molecule has 7 heteroatoms. The van der Waals surface area contributed by atoms with Crippen molar-refractivity contribution < 1.29 is 31.1 Å². The molecule has 0 amide bonds. The number of alkyl halides is 6. The highest BCUT2D eigenvalue weighted by atomic mass is 19.4. The Morgan fingerprint density at radius 3 is 1.23 bits per heavy atom. The third-order valence-electron chi connectivity index (χ3n) is 4.02. The van der Waals surface area contributed by atoms with Crippen LogP contribution in [-0.2, 0) is 12.4 Å². The molecular weight excluding hydrogens is 358 g/mol. The van der Waals surface area contributed by atoms with Gasteiger partial charge in [-0.2, -0.15) is 26.3 Å². The van der Waals surface area contributed by atoms with E-state index < -0.39 is 40.4 Å². The van der Waals surface area contributed by atoms with E-state index in [2.05, 4.69) is 0 Å². The van der Waals surface area contributed by atoms with Gasteiger partial charge >= 0.3 is 12.4 Å². The number of rotatable bonds is 2. The Balaban J connectivity index is 2.84. The van der Waals surface area contributed by atoms with Crippen LogP contribution in [0.3, 0.4) is 0 Å². The van der Waals surface area contributed by atoms with Crippen LogP contribution in [0.1, 0.15) is 49.3 Å². The first-order valence-corrected chi connectivity index (χ1v) is 7.65. The number of carbonyl (C=O) groups excluding carboxylic acids is 1. The molecule has 0 radical (unpaired) electrons. The molecule has 0 N–H and O–H groups in total. The Kier molecular flexibility index (Phi) is 4.96. The van der Waals surface area contributed by atoms with Gasteiger partial charge in [0, 0.05) is 11.1 Å². The van der Waals surface area contributed by atoms with Crippen LogP contribution in [0.2, 0.25) is 0 Å². The van der Waals surface area contributed by atoms with Crippen LogP contribution in [0.4, 0.5) is 26.3 Å². The molecule has 0 aliphatic rings. The van der Waals surface area contributed by atoms with Crippen LogP contribution >= 0.6 is 0 Å². The monoisotopic (exact) mass is 374 g/mol. The van der Waals surface area contributed by atoms with E-state index in [0.29, 0.717) is 11.1 Å². The second-order valence-corrected chi connectivity index (χ2v) is 6.33. The lowest BCUT2D eigenvalue weighted by molar-refractivity contribution is -0.138. The number of benzene rings is 2. The zero-order chi connectivity index (χ0) is 20.0. The Hall–Kier alpha value is -2.31. The molecule has 0 aliphatic carbocycles. The smallest absolute Gasteiger partial charge is 0.289 e. The van der Waals surface area contributed by atoms with E-state index in [1.165, 1.54) is 39.8 Å². The number of hydrogen-bond acceptors (Lipinski definition) is 1. The van der Waals surface area contributed by atoms with Gasteiger partial charge in [-0.3, -0.25) is 4.79 Å². The first kappa shape index (κ1) is 20.0. The largest absolute Gasteiger partial charge is 0.417 e. The van der Waals surface area contributed by atoms with E-state index in [1.807, 2.05) is 0 Å². The average Bonchev–Trinajstić information content (AvgIpc) is 2.41. The van der Waals surface area contributed by atoms with Crippen LogP contribution in [0.25, 0.3) is 0 Å². The molecule has 0 heterocycles. The Bertz CT molecular complexity index is 804. The molecule has 0 fully saturated rings. The van der Waals surface area contributed by atoms with Crippen molar-refractivity contribution in [2.24, 2.45) is 0 Å². The minimum Gasteiger partial charge on any atom is -0.289 e. The molecule has 2 aromatic carbocycles. The van der Waals surface area contributed by atoms with Crippen molar-refractivity contribution in [3.05, 3.63) is 68.8 Å². The second kappa shape index (κ2) is 6.45. The fourth-order valence-electron chi connectivity index (χ4n) is 3.19. The summed E-state index contributed by atoms with van der Waals surface area (Å²) in [7, 11) is 0. The number of ketones is 1. The van der Waals surface area contributed by atoms with E-state index in [-0.39, 0.29) is 11.1 Å². The highest BCUT2D eigenvalue weighted by Crippen LogP contribution is 2.39. The molecule has 1 nitrogen and oxygen atoms in total. The van der Waals surface area contributed by atoms with E-state index in [1.54, 1.807) is 0 Å². The summed E-state index contributed by atoms with van der Waals surface area (Å²) in [4.78, 5) is 12.8. The molecule has 0 atom stereocenters. The summed E-state index contributed by atoms with van der Waals surface area (Å²) < 4.78 is 80.6. The lowest BCUT2D eigenvalue weighted by Gasteiger charge is -2.19. The number of halogens is 6. The molecule has 0 spiro atoms. The quantitative estimate of drug-likeness (QED) is 0.453.